The average molecular weight is 432 g/mol. The Morgan fingerprint density at radius 1 is 0.800 bits per heavy atom. The van der Waals surface area contributed by atoms with Gasteiger partial charge in [-0.25, -0.2) is 11.0 Å². The van der Waals surface area contributed by atoms with Gasteiger partial charge in [0.25, 0.3) is 0 Å². The van der Waals surface area contributed by atoms with Crippen molar-refractivity contribution in [1.29, 1.82) is 0 Å². The van der Waals surface area contributed by atoms with Gasteiger partial charge in [-0.15, -0.1) is 0 Å². The van der Waals surface area contributed by atoms with Crippen molar-refractivity contribution in [2.24, 2.45) is 11.8 Å². The zero-order chi connectivity index (χ0) is 23.2. The summed E-state index contributed by atoms with van der Waals surface area (Å²) in [6, 6.07) is 0. The average Bonchev–Trinajstić information content (AvgIpc) is 2.66. The van der Waals surface area contributed by atoms with Gasteiger partial charge in [0, 0.05) is 18.6 Å². The highest BCUT2D eigenvalue weighted by Gasteiger charge is 2.28. The van der Waals surface area contributed by atoms with Crippen molar-refractivity contribution in [3.05, 3.63) is 0 Å². The van der Waals surface area contributed by atoms with Gasteiger partial charge in [0.05, 0.1) is 17.8 Å². The quantitative estimate of drug-likeness (QED) is 0.184. The van der Waals surface area contributed by atoms with Crippen LogP contribution in [0.25, 0.3) is 0 Å². The molecular formula is C24H53N3O3. The van der Waals surface area contributed by atoms with Crippen LogP contribution in [0.3, 0.4) is 0 Å². The zero-order valence-electron chi connectivity index (χ0n) is 21.7. The molecule has 0 saturated heterocycles. The number of hydrogen-bond acceptors (Lipinski definition) is 6. The molecule has 0 radical (unpaired) electrons. The molecule has 0 aliphatic heterocycles. The molecule has 0 aromatic rings. The Bertz CT molecular complexity index is 421. The minimum Gasteiger partial charge on any atom is -0.299 e. The van der Waals surface area contributed by atoms with E-state index >= 15 is 0 Å². The summed E-state index contributed by atoms with van der Waals surface area (Å²) in [4.78, 5) is 17.7. The molecule has 0 aliphatic carbocycles. The molecule has 0 amide bonds. The highest BCUT2D eigenvalue weighted by molar-refractivity contribution is 4.82. The molecule has 0 aromatic carbocycles. The maximum absolute atomic E-state index is 6.11. The van der Waals surface area contributed by atoms with E-state index < -0.39 is 0 Å². The van der Waals surface area contributed by atoms with E-state index in [1.165, 1.54) is 0 Å². The van der Waals surface area contributed by atoms with Crippen LogP contribution in [0.1, 0.15) is 108 Å². The summed E-state index contributed by atoms with van der Waals surface area (Å²) in [5.74, 6) is 1.17. The normalized spacial score (nSPS) is 17.7. The van der Waals surface area contributed by atoms with E-state index in [1.54, 1.807) is 0 Å². The van der Waals surface area contributed by atoms with Crippen molar-refractivity contribution in [3.8, 4) is 0 Å². The van der Waals surface area contributed by atoms with Crippen LogP contribution < -0.4 is 16.4 Å². The Balaban J connectivity index is 4.60. The first-order chi connectivity index (χ1) is 13.9. The lowest BCUT2D eigenvalue weighted by atomic mass is 9.94. The van der Waals surface area contributed by atoms with E-state index in [1.807, 2.05) is 0 Å². The standard InChI is InChI=1S/C24H53N3O3/c1-11-13-23(8,9)30-27-24(10,14-16-25-28-21(6)18-19(3)4)15-17-26-29-22(7)20(5)12-2/h19-22,25-27H,11-18H2,1-10H3. The van der Waals surface area contributed by atoms with Crippen molar-refractivity contribution >= 4 is 0 Å². The van der Waals surface area contributed by atoms with Crippen molar-refractivity contribution in [1.82, 2.24) is 16.4 Å². The van der Waals surface area contributed by atoms with Crippen LogP contribution in [0.5, 0.6) is 0 Å². The number of rotatable bonds is 19. The van der Waals surface area contributed by atoms with Gasteiger partial charge in [-0.05, 0) is 72.1 Å². The van der Waals surface area contributed by atoms with Gasteiger partial charge in [0.15, 0.2) is 0 Å². The fraction of sp³-hybridized carbons (Fsp3) is 1.00. The lowest BCUT2D eigenvalue weighted by Crippen LogP contribution is -2.50. The number of hydroxylamine groups is 3. The summed E-state index contributed by atoms with van der Waals surface area (Å²) in [5, 5.41) is 0. The molecular weight excluding hydrogens is 378 g/mol. The van der Waals surface area contributed by atoms with Crippen LogP contribution in [-0.2, 0) is 14.5 Å². The predicted octanol–water partition coefficient (Wildman–Crippen LogP) is 5.54. The minimum atomic E-state index is -0.196. The molecule has 0 saturated carbocycles. The van der Waals surface area contributed by atoms with Crippen molar-refractivity contribution in [3.63, 3.8) is 0 Å². The summed E-state index contributed by atoms with van der Waals surface area (Å²) in [5.41, 5.74) is 9.30. The third kappa shape index (κ3) is 14.7. The van der Waals surface area contributed by atoms with Gasteiger partial charge in [-0.3, -0.25) is 14.5 Å². The fourth-order valence-corrected chi connectivity index (χ4v) is 3.35. The van der Waals surface area contributed by atoms with E-state index in [-0.39, 0.29) is 23.3 Å². The van der Waals surface area contributed by atoms with E-state index in [2.05, 4.69) is 85.7 Å². The van der Waals surface area contributed by atoms with Gasteiger partial charge in [0.1, 0.15) is 0 Å². The zero-order valence-corrected chi connectivity index (χ0v) is 21.7. The fourth-order valence-electron chi connectivity index (χ4n) is 3.35. The van der Waals surface area contributed by atoms with Crippen LogP contribution in [0.2, 0.25) is 0 Å². The molecule has 3 N–H and O–H groups in total. The SMILES string of the molecule is CCCC(C)(C)ONC(C)(CCNOC(C)CC(C)C)CCNOC(C)C(C)CC. The smallest absolute Gasteiger partial charge is 0.0841 e. The Labute approximate surface area is 187 Å². The summed E-state index contributed by atoms with van der Waals surface area (Å²) < 4.78 is 0. The van der Waals surface area contributed by atoms with Crippen LogP contribution in [0, 0.1) is 11.8 Å². The molecule has 6 nitrogen and oxygen atoms in total. The maximum atomic E-state index is 6.11. The molecule has 0 fully saturated rings. The lowest BCUT2D eigenvalue weighted by molar-refractivity contribution is -0.130. The van der Waals surface area contributed by atoms with E-state index in [9.17, 15) is 0 Å². The second-order valence-corrected chi connectivity index (χ2v) is 10.3. The second kappa shape index (κ2) is 15.5. The number of hydrogen-bond donors (Lipinski definition) is 3. The first-order valence-electron chi connectivity index (χ1n) is 12.2. The number of nitrogens with one attached hydrogen (secondary N) is 3. The van der Waals surface area contributed by atoms with Crippen molar-refractivity contribution < 1.29 is 14.5 Å². The molecule has 6 heteroatoms. The Morgan fingerprint density at radius 2 is 1.37 bits per heavy atom. The first kappa shape index (κ1) is 29.8. The largest absolute Gasteiger partial charge is 0.299 e. The van der Waals surface area contributed by atoms with E-state index in [0.29, 0.717) is 11.8 Å². The summed E-state index contributed by atoms with van der Waals surface area (Å²) in [6.07, 6.45) is 6.44. The molecule has 0 heterocycles. The van der Waals surface area contributed by atoms with Gasteiger partial charge in [0.2, 0.25) is 0 Å². The Hall–Kier alpha value is -0.240. The minimum absolute atomic E-state index is 0.194. The molecule has 4 unspecified atom stereocenters. The van der Waals surface area contributed by atoms with Gasteiger partial charge in [-0.2, -0.15) is 5.48 Å². The van der Waals surface area contributed by atoms with Gasteiger partial charge < -0.3 is 0 Å². The molecule has 0 aromatic heterocycles. The highest BCUT2D eigenvalue weighted by atomic mass is 16.7. The third-order valence-electron chi connectivity index (χ3n) is 5.79. The Morgan fingerprint density at radius 3 is 1.87 bits per heavy atom. The lowest BCUT2D eigenvalue weighted by Gasteiger charge is -2.35. The van der Waals surface area contributed by atoms with Crippen LogP contribution in [-0.4, -0.2) is 36.4 Å². The first-order valence-corrected chi connectivity index (χ1v) is 12.2. The van der Waals surface area contributed by atoms with E-state index in [4.69, 9.17) is 14.5 Å². The third-order valence-corrected chi connectivity index (χ3v) is 5.79. The maximum Gasteiger partial charge on any atom is 0.0841 e. The van der Waals surface area contributed by atoms with Crippen LogP contribution in [0.4, 0.5) is 0 Å². The molecule has 182 valence electrons. The van der Waals surface area contributed by atoms with Crippen molar-refractivity contribution in [2.45, 2.75) is 131 Å². The van der Waals surface area contributed by atoms with Crippen LogP contribution in [0.15, 0.2) is 0 Å². The topological polar surface area (TPSA) is 63.8 Å². The van der Waals surface area contributed by atoms with Crippen molar-refractivity contribution in [2.75, 3.05) is 13.1 Å². The molecule has 0 bridgehead atoms. The summed E-state index contributed by atoms with van der Waals surface area (Å²) in [7, 11) is 0. The second-order valence-electron chi connectivity index (χ2n) is 10.3. The van der Waals surface area contributed by atoms with Gasteiger partial charge in [-0.1, -0.05) is 47.5 Å². The molecule has 0 aliphatic rings. The predicted molar refractivity (Wildman–Crippen MR) is 127 cm³/mol. The molecule has 0 spiro atoms. The van der Waals surface area contributed by atoms with E-state index in [0.717, 1.165) is 51.6 Å². The Kier molecular flexibility index (Phi) is 15.4. The molecule has 0 rings (SSSR count). The van der Waals surface area contributed by atoms with Crippen LogP contribution >= 0.6 is 0 Å². The van der Waals surface area contributed by atoms with Gasteiger partial charge >= 0.3 is 0 Å². The molecule has 4 atom stereocenters. The molecule has 30 heavy (non-hydrogen) atoms. The monoisotopic (exact) mass is 431 g/mol. The summed E-state index contributed by atoms with van der Waals surface area (Å²) in [6.45, 7) is 23.2. The summed E-state index contributed by atoms with van der Waals surface area (Å²) >= 11 is 0. The highest BCUT2D eigenvalue weighted by Crippen LogP contribution is 2.20.